The molecule has 4 heteroatoms. The molecule has 3 rings (SSSR count). The van der Waals surface area contributed by atoms with Crippen LogP contribution in [0.3, 0.4) is 0 Å². The van der Waals surface area contributed by atoms with E-state index in [1.165, 1.54) is 0 Å². The number of nitriles is 1. The van der Waals surface area contributed by atoms with Crippen LogP contribution in [0.1, 0.15) is 11.1 Å². The van der Waals surface area contributed by atoms with Crippen LogP contribution in [-0.4, -0.2) is 35.5 Å². The Balaban J connectivity index is 1.93. The number of pyridine rings is 1. The molecule has 0 bridgehead atoms. The third kappa shape index (κ3) is 1.78. The minimum Gasteiger partial charge on any atom is -0.322 e. The van der Waals surface area contributed by atoms with Gasteiger partial charge in [-0.15, -0.1) is 0 Å². The van der Waals surface area contributed by atoms with Crippen molar-refractivity contribution in [1.82, 2.24) is 14.6 Å². The summed E-state index contributed by atoms with van der Waals surface area (Å²) in [5.74, 6) is 0. The van der Waals surface area contributed by atoms with Crippen LogP contribution < -0.4 is 5.32 Å². The molecule has 0 radical (unpaired) electrons. The van der Waals surface area contributed by atoms with Gasteiger partial charge < -0.3 is 9.72 Å². The smallest absolute Gasteiger partial charge is 0.102 e. The Kier molecular flexibility index (Phi) is 2.78. The first-order chi connectivity index (χ1) is 8.79. The molecule has 0 spiro atoms. The summed E-state index contributed by atoms with van der Waals surface area (Å²) in [5.41, 5.74) is 2.91. The number of likely N-dealkylation sites (N-methyl/N-ethyl adjacent to an activating group) is 1. The molecule has 0 aromatic carbocycles. The second-order valence-electron chi connectivity index (χ2n) is 4.86. The minimum atomic E-state index is 0.597. The lowest BCUT2D eigenvalue weighted by atomic mass is 10.1. The third-order valence-corrected chi connectivity index (χ3v) is 3.68. The van der Waals surface area contributed by atoms with Crippen molar-refractivity contribution in [2.75, 3.05) is 20.1 Å². The van der Waals surface area contributed by atoms with Gasteiger partial charge in [0.25, 0.3) is 0 Å². The molecule has 3 heterocycles. The van der Waals surface area contributed by atoms with E-state index in [0.29, 0.717) is 6.04 Å². The van der Waals surface area contributed by atoms with Crippen molar-refractivity contribution in [2.45, 2.75) is 12.6 Å². The van der Waals surface area contributed by atoms with Crippen LogP contribution in [0.25, 0.3) is 5.52 Å². The fourth-order valence-corrected chi connectivity index (χ4v) is 2.41. The van der Waals surface area contributed by atoms with Gasteiger partial charge in [0, 0.05) is 43.6 Å². The molecule has 2 aromatic rings. The van der Waals surface area contributed by atoms with Gasteiger partial charge in [0.1, 0.15) is 6.07 Å². The van der Waals surface area contributed by atoms with Gasteiger partial charge in [0.2, 0.25) is 0 Å². The first kappa shape index (κ1) is 11.3. The normalized spacial score (nSPS) is 15.8. The molecule has 1 N–H and O–H groups in total. The van der Waals surface area contributed by atoms with Crippen LogP contribution in [-0.2, 0) is 6.54 Å². The Hall–Kier alpha value is -1.83. The molecule has 92 valence electrons. The zero-order chi connectivity index (χ0) is 12.5. The predicted molar refractivity (Wildman–Crippen MR) is 70.2 cm³/mol. The molecule has 1 aliphatic heterocycles. The topological polar surface area (TPSA) is 43.5 Å². The Bertz CT molecular complexity index is 604. The summed E-state index contributed by atoms with van der Waals surface area (Å²) < 4.78 is 2.03. The Morgan fingerprint density at radius 2 is 2.33 bits per heavy atom. The van der Waals surface area contributed by atoms with Crippen molar-refractivity contribution < 1.29 is 0 Å². The lowest BCUT2D eigenvalue weighted by Gasteiger charge is -2.35. The number of rotatable bonds is 3. The number of hydrogen-bond acceptors (Lipinski definition) is 3. The van der Waals surface area contributed by atoms with E-state index in [1.54, 1.807) is 0 Å². The third-order valence-electron chi connectivity index (χ3n) is 3.68. The highest BCUT2D eigenvalue weighted by Crippen LogP contribution is 2.20. The maximum absolute atomic E-state index is 9.33. The summed E-state index contributed by atoms with van der Waals surface area (Å²) in [4.78, 5) is 2.31. The molecule has 2 aromatic heterocycles. The van der Waals surface area contributed by atoms with E-state index < -0.39 is 0 Å². The van der Waals surface area contributed by atoms with Gasteiger partial charge in [-0.2, -0.15) is 5.26 Å². The van der Waals surface area contributed by atoms with Crippen molar-refractivity contribution in [2.24, 2.45) is 0 Å². The van der Waals surface area contributed by atoms with Gasteiger partial charge >= 0.3 is 0 Å². The molecule has 1 saturated heterocycles. The summed E-state index contributed by atoms with van der Waals surface area (Å²) in [5, 5.41) is 12.6. The summed E-state index contributed by atoms with van der Waals surface area (Å²) in [6, 6.07) is 8.88. The van der Waals surface area contributed by atoms with Gasteiger partial charge in [0.15, 0.2) is 0 Å². The molecule has 0 atom stereocenters. The summed E-state index contributed by atoms with van der Waals surface area (Å²) in [7, 11) is 2.12. The van der Waals surface area contributed by atoms with Gasteiger partial charge in [-0.3, -0.25) is 4.90 Å². The van der Waals surface area contributed by atoms with Crippen LogP contribution in [0.4, 0.5) is 0 Å². The Morgan fingerprint density at radius 1 is 1.50 bits per heavy atom. The van der Waals surface area contributed by atoms with Crippen LogP contribution in [0.15, 0.2) is 30.6 Å². The number of nitrogens with one attached hydrogen (secondary N) is 1. The van der Waals surface area contributed by atoms with Crippen molar-refractivity contribution in [1.29, 1.82) is 5.26 Å². The molecule has 0 amide bonds. The molecule has 0 aliphatic carbocycles. The lowest BCUT2D eigenvalue weighted by molar-refractivity contribution is 0.173. The SMILES string of the molecule is CN(Cc1cn2ccccc2c1C#N)C1CNC1. The van der Waals surface area contributed by atoms with E-state index in [0.717, 1.165) is 36.3 Å². The molecule has 0 saturated carbocycles. The van der Waals surface area contributed by atoms with Gasteiger partial charge in [-0.1, -0.05) is 6.07 Å². The van der Waals surface area contributed by atoms with Gasteiger partial charge in [-0.05, 0) is 19.2 Å². The van der Waals surface area contributed by atoms with E-state index in [-0.39, 0.29) is 0 Å². The second kappa shape index (κ2) is 4.45. The van der Waals surface area contributed by atoms with Crippen LogP contribution >= 0.6 is 0 Å². The highest BCUT2D eigenvalue weighted by atomic mass is 15.2. The van der Waals surface area contributed by atoms with Crippen LogP contribution in [0, 0.1) is 11.3 Å². The predicted octanol–water partition coefficient (Wildman–Crippen LogP) is 1.21. The van der Waals surface area contributed by atoms with Gasteiger partial charge in [0.05, 0.1) is 11.1 Å². The van der Waals surface area contributed by atoms with E-state index in [9.17, 15) is 5.26 Å². The first-order valence-electron chi connectivity index (χ1n) is 6.19. The molecular formula is C14H16N4. The molecule has 1 aliphatic rings. The van der Waals surface area contributed by atoms with E-state index in [2.05, 4.69) is 29.5 Å². The molecule has 18 heavy (non-hydrogen) atoms. The number of aromatic nitrogens is 1. The highest BCUT2D eigenvalue weighted by Gasteiger charge is 2.22. The molecule has 1 fully saturated rings. The van der Waals surface area contributed by atoms with Crippen molar-refractivity contribution in [3.63, 3.8) is 0 Å². The van der Waals surface area contributed by atoms with Crippen LogP contribution in [0.5, 0.6) is 0 Å². The molecule has 4 nitrogen and oxygen atoms in total. The lowest BCUT2D eigenvalue weighted by Crippen LogP contribution is -2.55. The maximum Gasteiger partial charge on any atom is 0.102 e. The average Bonchev–Trinajstić information content (AvgIpc) is 2.63. The van der Waals surface area contributed by atoms with Crippen molar-refractivity contribution >= 4 is 5.52 Å². The first-order valence-corrected chi connectivity index (χ1v) is 6.19. The monoisotopic (exact) mass is 240 g/mol. The fourth-order valence-electron chi connectivity index (χ4n) is 2.41. The average molecular weight is 240 g/mol. The Morgan fingerprint density at radius 3 is 3.00 bits per heavy atom. The number of hydrogen-bond donors (Lipinski definition) is 1. The zero-order valence-corrected chi connectivity index (χ0v) is 10.4. The quantitative estimate of drug-likeness (QED) is 0.877. The van der Waals surface area contributed by atoms with Crippen LogP contribution in [0.2, 0.25) is 0 Å². The second-order valence-corrected chi connectivity index (χ2v) is 4.86. The molecule has 0 unspecified atom stereocenters. The maximum atomic E-state index is 9.33. The Labute approximate surface area is 106 Å². The fraction of sp³-hybridized carbons (Fsp3) is 0.357. The molecular weight excluding hydrogens is 224 g/mol. The minimum absolute atomic E-state index is 0.597. The number of nitrogens with zero attached hydrogens (tertiary/aromatic N) is 3. The largest absolute Gasteiger partial charge is 0.322 e. The summed E-state index contributed by atoms with van der Waals surface area (Å²) in [6.45, 7) is 2.93. The van der Waals surface area contributed by atoms with E-state index in [1.807, 2.05) is 28.8 Å². The number of fused-ring (bicyclic) bond motifs is 1. The highest BCUT2D eigenvalue weighted by molar-refractivity contribution is 5.65. The standard InChI is InChI=1S/C14H16N4/c1-17(12-7-16-8-12)9-11-10-18-5-3-2-4-14(18)13(11)6-15/h2-5,10,12,16H,7-9H2,1H3. The van der Waals surface area contributed by atoms with Gasteiger partial charge in [-0.25, -0.2) is 0 Å². The van der Waals surface area contributed by atoms with Crippen molar-refractivity contribution in [3.8, 4) is 6.07 Å². The van der Waals surface area contributed by atoms with Crippen molar-refractivity contribution in [3.05, 3.63) is 41.7 Å². The summed E-state index contributed by atoms with van der Waals surface area (Å²) in [6.07, 6.45) is 4.06. The van der Waals surface area contributed by atoms with E-state index in [4.69, 9.17) is 0 Å². The summed E-state index contributed by atoms with van der Waals surface area (Å²) >= 11 is 0. The zero-order valence-electron chi connectivity index (χ0n) is 10.4. The van der Waals surface area contributed by atoms with E-state index >= 15 is 0 Å².